The monoisotopic (exact) mass is 228 g/mol. The predicted molar refractivity (Wildman–Crippen MR) is 60.4 cm³/mol. The minimum absolute atomic E-state index is 0.0278. The van der Waals surface area contributed by atoms with Gasteiger partial charge in [0.1, 0.15) is 11.5 Å². The predicted octanol–water partition coefficient (Wildman–Crippen LogP) is 2.37. The lowest BCUT2D eigenvalue weighted by atomic mass is 10.0. The highest BCUT2D eigenvalue weighted by Crippen LogP contribution is 2.40. The molecule has 0 spiro atoms. The van der Waals surface area contributed by atoms with Gasteiger partial charge < -0.3 is 15.3 Å². The highest BCUT2D eigenvalue weighted by atomic mass is 35.5. The average Bonchev–Trinajstić information content (AvgIpc) is 2.24. The fourth-order valence-electron chi connectivity index (χ4n) is 1.28. The molecule has 0 aliphatic rings. The molecule has 1 aromatic rings. The van der Waals surface area contributed by atoms with Crippen LogP contribution in [0.4, 0.5) is 0 Å². The molecule has 0 fully saturated rings. The third-order valence-corrected chi connectivity index (χ3v) is 2.74. The Morgan fingerprint density at radius 2 is 1.67 bits per heavy atom. The third kappa shape index (κ3) is 2.08. The molecule has 0 saturated heterocycles. The van der Waals surface area contributed by atoms with Crippen molar-refractivity contribution < 1.29 is 15.3 Å². The number of hydrogen-bond donors (Lipinski definition) is 3. The van der Waals surface area contributed by atoms with E-state index in [2.05, 4.69) is 0 Å². The molecule has 0 heterocycles. The summed E-state index contributed by atoms with van der Waals surface area (Å²) in [5, 5.41) is 28.2. The Morgan fingerprint density at radius 1 is 1.13 bits per heavy atom. The van der Waals surface area contributed by atoms with Crippen LogP contribution in [0.1, 0.15) is 16.7 Å². The molecule has 0 aromatic heterocycles. The second-order valence-corrected chi connectivity index (χ2v) is 3.64. The lowest BCUT2D eigenvalue weighted by molar-refractivity contribution is 0.343. The first kappa shape index (κ1) is 11.9. The zero-order valence-corrected chi connectivity index (χ0v) is 9.34. The zero-order chi connectivity index (χ0) is 11.6. The van der Waals surface area contributed by atoms with E-state index in [1.165, 1.54) is 12.2 Å². The molecule has 0 radical (unpaired) electrons. The first-order valence-electron chi connectivity index (χ1n) is 4.48. The Hall–Kier alpha value is -1.19. The van der Waals surface area contributed by atoms with Crippen molar-refractivity contribution in [2.24, 2.45) is 0 Å². The van der Waals surface area contributed by atoms with E-state index in [9.17, 15) is 10.2 Å². The summed E-state index contributed by atoms with van der Waals surface area (Å²) in [4.78, 5) is 0. The lowest BCUT2D eigenvalue weighted by Crippen LogP contribution is -1.89. The van der Waals surface area contributed by atoms with Crippen LogP contribution in [0.25, 0.3) is 6.08 Å². The van der Waals surface area contributed by atoms with Crippen LogP contribution in [-0.4, -0.2) is 21.9 Å². The Kier molecular flexibility index (Phi) is 3.61. The Bertz CT molecular complexity index is 382. The van der Waals surface area contributed by atoms with Gasteiger partial charge >= 0.3 is 0 Å². The van der Waals surface area contributed by atoms with Crippen LogP contribution in [-0.2, 0) is 0 Å². The maximum absolute atomic E-state index is 9.78. The second-order valence-electron chi connectivity index (χ2n) is 3.26. The molecule has 0 aliphatic heterocycles. The van der Waals surface area contributed by atoms with Gasteiger partial charge in [-0.15, -0.1) is 0 Å². The zero-order valence-electron chi connectivity index (χ0n) is 8.58. The van der Waals surface area contributed by atoms with E-state index >= 15 is 0 Å². The molecule has 0 saturated carbocycles. The summed E-state index contributed by atoms with van der Waals surface area (Å²) >= 11 is 5.87. The standard InChI is InChI=1S/C11H13ClO3/c1-6-7(2)11(15)9(12)8(10(6)14)4-3-5-13/h3-4,13-15H,5H2,1-2H3/b4-3+. The van der Waals surface area contributed by atoms with Gasteiger partial charge in [0.05, 0.1) is 11.6 Å². The van der Waals surface area contributed by atoms with Crippen LogP contribution < -0.4 is 0 Å². The smallest absolute Gasteiger partial charge is 0.138 e. The largest absolute Gasteiger partial charge is 0.507 e. The first-order chi connectivity index (χ1) is 7.00. The highest BCUT2D eigenvalue weighted by Gasteiger charge is 2.15. The van der Waals surface area contributed by atoms with Crippen molar-refractivity contribution in [2.45, 2.75) is 13.8 Å². The third-order valence-electron chi connectivity index (χ3n) is 2.36. The number of phenolic OH excluding ortho intramolecular Hbond substituents is 2. The number of halogens is 1. The highest BCUT2D eigenvalue weighted by molar-refractivity contribution is 6.34. The van der Waals surface area contributed by atoms with E-state index < -0.39 is 0 Å². The van der Waals surface area contributed by atoms with Gasteiger partial charge in [-0.05, 0) is 25.0 Å². The van der Waals surface area contributed by atoms with Crippen LogP contribution in [0.3, 0.4) is 0 Å². The van der Waals surface area contributed by atoms with E-state index in [4.69, 9.17) is 16.7 Å². The fourth-order valence-corrected chi connectivity index (χ4v) is 1.57. The molecule has 1 aromatic carbocycles. The summed E-state index contributed by atoms with van der Waals surface area (Å²) in [6.07, 6.45) is 2.92. The van der Waals surface area contributed by atoms with E-state index in [0.29, 0.717) is 16.7 Å². The Balaban J connectivity index is 3.45. The number of aliphatic hydroxyl groups excluding tert-OH is 1. The van der Waals surface area contributed by atoms with E-state index in [1.54, 1.807) is 13.8 Å². The van der Waals surface area contributed by atoms with Gasteiger partial charge in [0.2, 0.25) is 0 Å². The summed E-state index contributed by atoms with van der Waals surface area (Å²) in [6.45, 7) is 3.22. The second kappa shape index (κ2) is 4.55. The molecular formula is C11H13ClO3. The molecular weight excluding hydrogens is 216 g/mol. The normalized spacial score (nSPS) is 11.2. The molecule has 3 nitrogen and oxygen atoms in total. The topological polar surface area (TPSA) is 60.7 Å². The molecule has 3 N–H and O–H groups in total. The molecule has 15 heavy (non-hydrogen) atoms. The van der Waals surface area contributed by atoms with Crippen LogP contribution in [0.15, 0.2) is 6.08 Å². The van der Waals surface area contributed by atoms with E-state index in [0.717, 1.165) is 0 Å². The van der Waals surface area contributed by atoms with E-state index in [1.807, 2.05) is 0 Å². The molecule has 0 unspecified atom stereocenters. The minimum atomic E-state index is -0.149. The molecule has 82 valence electrons. The lowest BCUT2D eigenvalue weighted by Gasteiger charge is -2.11. The number of aliphatic hydroxyl groups is 1. The van der Waals surface area contributed by atoms with Gasteiger partial charge in [0.25, 0.3) is 0 Å². The van der Waals surface area contributed by atoms with Crippen molar-refractivity contribution in [3.05, 3.63) is 27.8 Å². The molecule has 0 atom stereocenters. The first-order valence-corrected chi connectivity index (χ1v) is 4.86. The van der Waals surface area contributed by atoms with Crippen molar-refractivity contribution >= 4 is 17.7 Å². The van der Waals surface area contributed by atoms with Gasteiger partial charge in [-0.25, -0.2) is 0 Å². The number of hydrogen-bond acceptors (Lipinski definition) is 3. The summed E-state index contributed by atoms with van der Waals surface area (Å²) < 4.78 is 0. The van der Waals surface area contributed by atoms with Crippen molar-refractivity contribution in [3.8, 4) is 11.5 Å². The van der Waals surface area contributed by atoms with Crippen molar-refractivity contribution in [3.63, 3.8) is 0 Å². The minimum Gasteiger partial charge on any atom is -0.507 e. The summed E-state index contributed by atoms with van der Waals surface area (Å²) in [7, 11) is 0. The summed E-state index contributed by atoms with van der Waals surface area (Å²) in [6, 6.07) is 0. The van der Waals surface area contributed by atoms with Gasteiger partial charge in [-0.1, -0.05) is 23.8 Å². The molecule has 0 amide bonds. The fraction of sp³-hybridized carbons (Fsp3) is 0.273. The molecule has 1 rings (SSSR count). The number of phenols is 2. The van der Waals surface area contributed by atoms with Gasteiger partial charge in [0.15, 0.2) is 0 Å². The summed E-state index contributed by atoms with van der Waals surface area (Å²) in [5.41, 5.74) is 1.46. The van der Waals surface area contributed by atoms with Gasteiger partial charge in [-0.3, -0.25) is 0 Å². The van der Waals surface area contributed by atoms with E-state index in [-0.39, 0.29) is 23.1 Å². The Labute approximate surface area is 93.3 Å². The molecule has 4 heteroatoms. The quantitative estimate of drug-likeness (QED) is 0.681. The van der Waals surface area contributed by atoms with Crippen LogP contribution in [0, 0.1) is 13.8 Å². The van der Waals surface area contributed by atoms with Crippen molar-refractivity contribution in [1.29, 1.82) is 0 Å². The SMILES string of the molecule is Cc1c(C)c(O)c(/C=C/CO)c(Cl)c1O. The van der Waals surface area contributed by atoms with Gasteiger partial charge in [0, 0.05) is 5.56 Å². The van der Waals surface area contributed by atoms with Crippen LogP contribution in [0.5, 0.6) is 11.5 Å². The number of benzene rings is 1. The number of aromatic hydroxyl groups is 2. The van der Waals surface area contributed by atoms with Crippen LogP contribution >= 0.6 is 11.6 Å². The number of rotatable bonds is 2. The average molecular weight is 229 g/mol. The van der Waals surface area contributed by atoms with Gasteiger partial charge in [-0.2, -0.15) is 0 Å². The van der Waals surface area contributed by atoms with Crippen LogP contribution in [0.2, 0.25) is 5.02 Å². The molecule has 0 bridgehead atoms. The maximum atomic E-state index is 9.78. The van der Waals surface area contributed by atoms with Crippen molar-refractivity contribution in [1.82, 2.24) is 0 Å². The maximum Gasteiger partial charge on any atom is 0.138 e. The Morgan fingerprint density at radius 3 is 2.20 bits per heavy atom. The molecule has 0 aliphatic carbocycles. The summed E-state index contributed by atoms with van der Waals surface area (Å²) in [5.74, 6) is -0.00967. The van der Waals surface area contributed by atoms with Crippen molar-refractivity contribution in [2.75, 3.05) is 6.61 Å².